The quantitative estimate of drug-likeness (QED) is 0.614. The fourth-order valence-corrected chi connectivity index (χ4v) is 2.08. The highest BCUT2D eigenvalue weighted by Gasteiger charge is 2.30. The van der Waals surface area contributed by atoms with Crippen molar-refractivity contribution in [2.24, 2.45) is 5.92 Å². The summed E-state index contributed by atoms with van der Waals surface area (Å²) >= 11 is 11.8. The van der Waals surface area contributed by atoms with Crippen LogP contribution in [0.2, 0.25) is 10.0 Å². The number of nitrogens with zero attached hydrogens (tertiary/aromatic N) is 1. The van der Waals surface area contributed by atoms with Crippen molar-refractivity contribution in [1.29, 1.82) is 5.26 Å². The van der Waals surface area contributed by atoms with E-state index in [1.807, 2.05) is 19.9 Å². The van der Waals surface area contributed by atoms with E-state index >= 15 is 0 Å². The first-order chi connectivity index (χ1) is 11.2. The minimum absolute atomic E-state index is 0.0888. The van der Waals surface area contributed by atoms with Gasteiger partial charge in [-0.25, -0.2) is 4.79 Å². The molecule has 0 aliphatic heterocycles. The Morgan fingerprint density at radius 3 is 2.62 bits per heavy atom. The average molecular weight is 369 g/mol. The standard InChI is InChI=1S/C17H18Cl2N2O3/c1-11(2)17(3,10-20)21-15(22)9-24-16(23)7-5-12-4-6-13(18)8-14(12)19/h4-8,11H,9H2,1-3H3,(H,21,22)/b7-5+/t17-/m0/s1. The van der Waals surface area contributed by atoms with Crippen LogP contribution in [0.5, 0.6) is 0 Å². The van der Waals surface area contributed by atoms with Crippen LogP contribution in [-0.4, -0.2) is 24.0 Å². The molecule has 1 aromatic rings. The molecule has 0 unspecified atom stereocenters. The summed E-state index contributed by atoms with van der Waals surface area (Å²) in [5.41, 5.74) is -0.421. The van der Waals surface area contributed by atoms with Gasteiger partial charge in [-0.15, -0.1) is 0 Å². The number of carbonyl (C=O) groups excluding carboxylic acids is 2. The number of carbonyl (C=O) groups is 2. The van der Waals surface area contributed by atoms with Crippen LogP contribution in [0.15, 0.2) is 24.3 Å². The molecule has 7 heteroatoms. The first kappa shape index (κ1) is 20.0. The molecule has 1 amide bonds. The molecule has 0 fully saturated rings. The monoisotopic (exact) mass is 368 g/mol. The molecular formula is C17H18Cl2N2O3. The van der Waals surface area contributed by atoms with Crippen molar-refractivity contribution in [2.75, 3.05) is 6.61 Å². The molecule has 0 aliphatic rings. The minimum atomic E-state index is -1.02. The van der Waals surface area contributed by atoms with Gasteiger partial charge in [0.2, 0.25) is 0 Å². The van der Waals surface area contributed by atoms with Gasteiger partial charge >= 0.3 is 5.97 Å². The van der Waals surface area contributed by atoms with Crippen LogP contribution in [-0.2, 0) is 14.3 Å². The number of rotatable bonds is 6. The number of ether oxygens (including phenoxy) is 1. The number of amides is 1. The van der Waals surface area contributed by atoms with E-state index in [4.69, 9.17) is 33.2 Å². The Balaban J connectivity index is 2.56. The molecule has 128 valence electrons. The molecule has 0 bridgehead atoms. The number of nitriles is 1. The van der Waals surface area contributed by atoms with Gasteiger partial charge < -0.3 is 10.1 Å². The third kappa shape index (κ3) is 5.88. The molecule has 0 saturated carbocycles. The van der Waals surface area contributed by atoms with Crippen molar-refractivity contribution in [3.8, 4) is 6.07 Å². The molecule has 0 saturated heterocycles. The highest BCUT2D eigenvalue weighted by atomic mass is 35.5. The van der Waals surface area contributed by atoms with E-state index in [1.54, 1.807) is 25.1 Å². The van der Waals surface area contributed by atoms with Crippen molar-refractivity contribution in [2.45, 2.75) is 26.3 Å². The lowest BCUT2D eigenvalue weighted by molar-refractivity contribution is -0.144. The van der Waals surface area contributed by atoms with E-state index in [2.05, 4.69) is 5.32 Å². The topological polar surface area (TPSA) is 79.2 Å². The molecule has 1 rings (SSSR count). The Morgan fingerprint density at radius 1 is 1.42 bits per heavy atom. The second kappa shape index (κ2) is 8.72. The van der Waals surface area contributed by atoms with E-state index in [0.717, 1.165) is 6.08 Å². The van der Waals surface area contributed by atoms with E-state index in [0.29, 0.717) is 15.6 Å². The molecule has 0 spiro atoms. The van der Waals surface area contributed by atoms with E-state index in [1.165, 1.54) is 6.08 Å². The van der Waals surface area contributed by atoms with Crippen molar-refractivity contribution in [1.82, 2.24) is 5.32 Å². The maximum Gasteiger partial charge on any atom is 0.331 e. The maximum absolute atomic E-state index is 11.8. The SMILES string of the molecule is CC(C)[C@](C)(C#N)NC(=O)COC(=O)/C=C/c1ccc(Cl)cc1Cl. The van der Waals surface area contributed by atoms with Crippen molar-refractivity contribution in [3.63, 3.8) is 0 Å². The Labute approximate surface area is 151 Å². The van der Waals surface area contributed by atoms with E-state index in [-0.39, 0.29) is 5.92 Å². The molecule has 0 aliphatic carbocycles. The first-order valence-corrected chi connectivity index (χ1v) is 7.95. The zero-order valence-electron chi connectivity index (χ0n) is 13.6. The summed E-state index contributed by atoms with van der Waals surface area (Å²) in [6.07, 6.45) is 2.63. The number of hydrogen-bond donors (Lipinski definition) is 1. The lowest BCUT2D eigenvalue weighted by Crippen LogP contribution is -2.50. The van der Waals surface area contributed by atoms with Gasteiger partial charge in [-0.05, 0) is 36.6 Å². The molecule has 24 heavy (non-hydrogen) atoms. The van der Waals surface area contributed by atoms with Crippen LogP contribution < -0.4 is 5.32 Å². The largest absolute Gasteiger partial charge is 0.452 e. The molecular weight excluding hydrogens is 351 g/mol. The lowest BCUT2D eigenvalue weighted by Gasteiger charge is -2.27. The van der Waals surface area contributed by atoms with E-state index < -0.39 is 24.0 Å². The second-order valence-corrected chi connectivity index (χ2v) is 6.47. The van der Waals surface area contributed by atoms with Crippen LogP contribution in [0.1, 0.15) is 26.3 Å². The summed E-state index contributed by atoms with van der Waals surface area (Å²) in [6.45, 7) is 4.77. The van der Waals surface area contributed by atoms with Gasteiger partial charge in [0.1, 0.15) is 5.54 Å². The Hall–Kier alpha value is -2.03. The smallest absolute Gasteiger partial charge is 0.331 e. The van der Waals surface area contributed by atoms with E-state index in [9.17, 15) is 9.59 Å². The van der Waals surface area contributed by atoms with Gasteiger partial charge in [-0.2, -0.15) is 5.26 Å². The van der Waals surface area contributed by atoms with Crippen LogP contribution in [0.4, 0.5) is 0 Å². The molecule has 1 aromatic carbocycles. The van der Waals surface area contributed by atoms with Gasteiger partial charge in [-0.3, -0.25) is 4.79 Å². The number of nitrogens with one attached hydrogen (secondary N) is 1. The van der Waals surface area contributed by atoms with Crippen LogP contribution >= 0.6 is 23.2 Å². The summed E-state index contributed by atoms with van der Waals surface area (Å²) in [4.78, 5) is 23.4. The van der Waals surface area contributed by atoms with Gasteiger partial charge in [0.25, 0.3) is 5.91 Å². The third-order valence-corrected chi connectivity index (χ3v) is 4.06. The number of esters is 1. The molecule has 1 N–H and O–H groups in total. The summed E-state index contributed by atoms with van der Waals surface area (Å²) in [6, 6.07) is 6.89. The lowest BCUT2D eigenvalue weighted by atomic mass is 9.90. The minimum Gasteiger partial charge on any atom is -0.452 e. The second-order valence-electron chi connectivity index (χ2n) is 5.62. The summed E-state index contributed by atoms with van der Waals surface area (Å²) < 4.78 is 4.84. The molecule has 0 radical (unpaired) electrons. The molecule has 0 heterocycles. The predicted octanol–water partition coefficient (Wildman–Crippen LogP) is 3.60. The zero-order valence-corrected chi connectivity index (χ0v) is 15.1. The average Bonchev–Trinajstić information content (AvgIpc) is 2.51. The number of benzene rings is 1. The van der Waals surface area contributed by atoms with Crippen LogP contribution in [0, 0.1) is 17.2 Å². The molecule has 1 atom stereocenters. The van der Waals surface area contributed by atoms with Gasteiger partial charge in [0, 0.05) is 16.1 Å². The van der Waals surface area contributed by atoms with Crippen molar-refractivity contribution < 1.29 is 14.3 Å². The molecule has 5 nitrogen and oxygen atoms in total. The Kier molecular flexibility index (Phi) is 7.27. The molecule has 0 aromatic heterocycles. The first-order valence-electron chi connectivity index (χ1n) is 7.20. The maximum atomic E-state index is 11.8. The highest BCUT2D eigenvalue weighted by Crippen LogP contribution is 2.22. The summed E-state index contributed by atoms with van der Waals surface area (Å²) in [5, 5.41) is 12.6. The Morgan fingerprint density at radius 2 is 2.08 bits per heavy atom. The third-order valence-electron chi connectivity index (χ3n) is 3.49. The van der Waals surface area contributed by atoms with Gasteiger partial charge in [-0.1, -0.05) is 43.1 Å². The highest BCUT2D eigenvalue weighted by molar-refractivity contribution is 6.35. The Bertz CT molecular complexity index is 696. The predicted molar refractivity (Wildman–Crippen MR) is 93.5 cm³/mol. The van der Waals surface area contributed by atoms with Crippen LogP contribution in [0.3, 0.4) is 0 Å². The summed E-state index contributed by atoms with van der Waals surface area (Å²) in [5.74, 6) is -1.33. The number of hydrogen-bond acceptors (Lipinski definition) is 4. The van der Waals surface area contributed by atoms with Crippen molar-refractivity contribution in [3.05, 3.63) is 39.9 Å². The normalized spacial score (nSPS) is 13.4. The van der Waals surface area contributed by atoms with Gasteiger partial charge in [0.05, 0.1) is 6.07 Å². The zero-order chi connectivity index (χ0) is 18.3. The van der Waals surface area contributed by atoms with Crippen molar-refractivity contribution >= 4 is 41.2 Å². The van der Waals surface area contributed by atoms with Crippen LogP contribution in [0.25, 0.3) is 6.08 Å². The summed E-state index contributed by atoms with van der Waals surface area (Å²) in [7, 11) is 0. The fourth-order valence-electron chi connectivity index (χ4n) is 1.61. The number of halogens is 2. The van der Waals surface area contributed by atoms with Gasteiger partial charge in [0.15, 0.2) is 6.61 Å². The fraction of sp³-hybridized carbons (Fsp3) is 0.353.